The van der Waals surface area contributed by atoms with Crippen LogP contribution in [-0.2, 0) is 4.79 Å². The van der Waals surface area contributed by atoms with Gasteiger partial charge in [0.15, 0.2) is 11.5 Å². The maximum atomic E-state index is 12.8. The van der Waals surface area contributed by atoms with E-state index >= 15 is 0 Å². The van der Waals surface area contributed by atoms with Crippen LogP contribution in [-0.4, -0.2) is 57.1 Å². The maximum absolute atomic E-state index is 12.8. The highest BCUT2D eigenvalue weighted by atomic mass is 16.5. The van der Waals surface area contributed by atoms with Crippen LogP contribution in [0.1, 0.15) is 41.8 Å². The van der Waals surface area contributed by atoms with Crippen LogP contribution in [0, 0.1) is 0 Å². The summed E-state index contributed by atoms with van der Waals surface area (Å²) < 4.78 is 15.8. The molecule has 1 aromatic heterocycles. The molecule has 1 saturated heterocycles. The molecule has 1 aliphatic heterocycles. The molecular weight excluding hydrogens is 410 g/mol. The van der Waals surface area contributed by atoms with E-state index in [-0.39, 0.29) is 11.6 Å². The van der Waals surface area contributed by atoms with Crippen LogP contribution in [0.3, 0.4) is 0 Å². The summed E-state index contributed by atoms with van der Waals surface area (Å²) in [6.07, 6.45) is 7.65. The third kappa shape index (κ3) is 6.62. The summed E-state index contributed by atoms with van der Waals surface area (Å²) in [4.78, 5) is 28.1. The third-order valence-corrected chi connectivity index (χ3v) is 5.35. The van der Waals surface area contributed by atoms with Crippen molar-refractivity contribution in [3.8, 4) is 11.5 Å². The molecule has 0 bridgehead atoms. The fourth-order valence-electron chi connectivity index (χ4n) is 3.63. The first-order chi connectivity index (χ1) is 15.6. The van der Waals surface area contributed by atoms with Gasteiger partial charge in [-0.3, -0.25) is 9.59 Å². The number of hydrogen-bond acceptors (Lipinski definition) is 6. The van der Waals surface area contributed by atoms with Crippen molar-refractivity contribution in [3.63, 3.8) is 0 Å². The van der Waals surface area contributed by atoms with E-state index in [0.29, 0.717) is 29.4 Å². The average Bonchev–Trinajstić information content (AvgIpc) is 3.34. The highest BCUT2D eigenvalue weighted by molar-refractivity contribution is 6.05. The van der Waals surface area contributed by atoms with E-state index in [1.807, 2.05) is 0 Å². The number of benzene rings is 1. The van der Waals surface area contributed by atoms with E-state index in [1.165, 1.54) is 45.8 Å². The molecule has 0 saturated carbocycles. The molecular formula is C24H31N3O5. The molecule has 2 aromatic rings. The first-order valence-corrected chi connectivity index (χ1v) is 10.9. The van der Waals surface area contributed by atoms with Crippen LogP contribution in [0.5, 0.6) is 11.5 Å². The summed E-state index contributed by atoms with van der Waals surface area (Å²) in [5.41, 5.74) is 0.448. The van der Waals surface area contributed by atoms with Crippen molar-refractivity contribution in [1.82, 2.24) is 15.5 Å². The summed E-state index contributed by atoms with van der Waals surface area (Å²) >= 11 is 0. The lowest BCUT2D eigenvalue weighted by molar-refractivity contribution is -0.117. The summed E-state index contributed by atoms with van der Waals surface area (Å²) in [5, 5.41) is 5.59. The minimum Gasteiger partial charge on any atom is -0.493 e. The van der Waals surface area contributed by atoms with E-state index in [2.05, 4.69) is 15.5 Å². The summed E-state index contributed by atoms with van der Waals surface area (Å²) in [7, 11) is 3.02. The lowest BCUT2D eigenvalue weighted by Crippen LogP contribution is -2.37. The van der Waals surface area contributed by atoms with Gasteiger partial charge in [-0.25, -0.2) is 0 Å². The molecule has 0 radical (unpaired) electrons. The Morgan fingerprint density at radius 2 is 1.88 bits per heavy atom. The van der Waals surface area contributed by atoms with E-state index in [9.17, 15) is 9.59 Å². The summed E-state index contributed by atoms with van der Waals surface area (Å²) in [6.45, 7) is 3.73. The largest absolute Gasteiger partial charge is 0.493 e. The number of nitrogens with one attached hydrogen (secondary N) is 2. The average molecular weight is 442 g/mol. The molecule has 8 heteroatoms. The number of piperidine rings is 1. The first-order valence-electron chi connectivity index (χ1n) is 10.9. The molecule has 3 rings (SSSR count). The SMILES string of the molecule is COc1ccc(C(=O)N/C(=C\c2ccco2)C(=O)NCCCN2CCCCC2)cc1OC. The number of furan rings is 1. The number of nitrogens with zero attached hydrogens (tertiary/aromatic N) is 1. The van der Waals surface area contributed by atoms with Crippen molar-refractivity contribution in [3.05, 3.63) is 53.6 Å². The van der Waals surface area contributed by atoms with E-state index < -0.39 is 5.91 Å². The molecule has 1 fully saturated rings. The quantitative estimate of drug-likeness (QED) is 0.435. The van der Waals surface area contributed by atoms with Crippen LogP contribution in [0.4, 0.5) is 0 Å². The first kappa shape index (κ1) is 23.4. The number of carbonyl (C=O) groups is 2. The molecule has 2 heterocycles. The van der Waals surface area contributed by atoms with Crippen LogP contribution in [0.25, 0.3) is 6.08 Å². The standard InChI is InChI=1S/C24H31N3O5/c1-30-21-10-9-18(16-22(21)31-2)23(28)26-20(17-19-8-6-15-32-19)24(29)25-11-7-14-27-12-4-3-5-13-27/h6,8-10,15-17H,3-5,7,11-14H2,1-2H3,(H,25,29)(H,26,28)/b20-17-. The Kier molecular flexibility index (Phi) is 8.74. The van der Waals surface area contributed by atoms with Gasteiger partial charge in [-0.1, -0.05) is 6.42 Å². The predicted molar refractivity (Wildman–Crippen MR) is 122 cm³/mol. The Labute approximate surface area is 188 Å². The smallest absolute Gasteiger partial charge is 0.267 e. The highest BCUT2D eigenvalue weighted by Gasteiger charge is 2.17. The lowest BCUT2D eigenvalue weighted by atomic mass is 10.1. The van der Waals surface area contributed by atoms with Gasteiger partial charge in [0.1, 0.15) is 11.5 Å². The Morgan fingerprint density at radius 1 is 1.09 bits per heavy atom. The zero-order chi connectivity index (χ0) is 22.8. The molecule has 1 aliphatic rings. The van der Waals surface area contributed by atoms with Gasteiger partial charge in [-0.15, -0.1) is 0 Å². The van der Waals surface area contributed by atoms with E-state index in [1.54, 1.807) is 30.3 Å². The minimum atomic E-state index is -0.438. The molecule has 2 N–H and O–H groups in total. The number of ether oxygens (including phenoxy) is 2. The van der Waals surface area contributed by atoms with Crippen molar-refractivity contribution >= 4 is 17.9 Å². The van der Waals surface area contributed by atoms with Crippen molar-refractivity contribution in [1.29, 1.82) is 0 Å². The zero-order valence-electron chi connectivity index (χ0n) is 18.7. The number of likely N-dealkylation sites (tertiary alicyclic amines) is 1. The number of methoxy groups -OCH3 is 2. The highest BCUT2D eigenvalue weighted by Crippen LogP contribution is 2.27. The Balaban J connectivity index is 1.63. The van der Waals surface area contributed by atoms with Crippen LogP contribution >= 0.6 is 0 Å². The van der Waals surface area contributed by atoms with Crippen molar-refractivity contribution in [2.24, 2.45) is 0 Å². The van der Waals surface area contributed by atoms with Gasteiger partial charge in [-0.2, -0.15) is 0 Å². The molecule has 0 aliphatic carbocycles. The van der Waals surface area contributed by atoms with Gasteiger partial charge in [-0.05, 0) is 69.2 Å². The second-order valence-electron chi connectivity index (χ2n) is 7.61. The Hall–Kier alpha value is -3.26. The van der Waals surface area contributed by atoms with Crippen LogP contribution in [0.15, 0.2) is 46.7 Å². The predicted octanol–water partition coefficient (Wildman–Crippen LogP) is 3.06. The minimum absolute atomic E-state index is 0.109. The molecule has 0 unspecified atom stereocenters. The number of carbonyl (C=O) groups excluding carboxylic acids is 2. The fourth-order valence-corrected chi connectivity index (χ4v) is 3.63. The summed E-state index contributed by atoms with van der Waals surface area (Å²) in [6, 6.07) is 8.25. The molecule has 0 atom stereocenters. The monoisotopic (exact) mass is 441 g/mol. The molecule has 1 aromatic carbocycles. The van der Waals surface area contributed by atoms with Gasteiger partial charge in [0.25, 0.3) is 11.8 Å². The molecule has 8 nitrogen and oxygen atoms in total. The van der Waals surface area contributed by atoms with Crippen molar-refractivity contribution in [2.45, 2.75) is 25.7 Å². The fraction of sp³-hybridized carbons (Fsp3) is 0.417. The topological polar surface area (TPSA) is 93.0 Å². The van der Waals surface area contributed by atoms with Gasteiger partial charge in [0, 0.05) is 18.2 Å². The Morgan fingerprint density at radius 3 is 2.56 bits per heavy atom. The normalized spacial score (nSPS) is 14.6. The Bertz CT molecular complexity index is 918. The molecule has 172 valence electrons. The number of amides is 2. The van der Waals surface area contributed by atoms with Gasteiger partial charge in [0.05, 0.1) is 20.5 Å². The van der Waals surface area contributed by atoms with Crippen molar-refractivity contribution < 1.29 is 23.5 Å². The molecule has 32 heavy (non-hydrogen) atoms. The maximum Gasteiger partial charge on any atom is 0.267 e. The molecule has 2 amide bonds. The van der Waals surface area contributed by atoms with Crippen molar-refractivity contribution in [2.75, 3.05) is 40.4 Å². The van der Waals surface area contributed by atoms with Crippen LogP contribution in [0.2, 0.25) is 0 Å². The van der Waals surface area contributed by atoms with Gasteiger partial charge < -0.3 is 29.4 Å². The molecule has 0 spiro atoms. The third-order valence-electron chi connectivity index (χ3n) is 5.35. The van der Waals surface area contributed by atoms with Gasteiger partial charge in [0.2, 0.25) is 0 Å². The number of hydrogen-bond donors (Lipinski definition) is 2. The summed E-state index contributed by atoms with van der Waals surface area (Å²) in [5.74, 6) is 0.609. The lowest BCUT2D eigenvalue weighted by Gasteiger charge is -2.26. The van der Waals surface area contributed by atoms with E-state index in [0.717, 1.165) is 26.1 Å². The number of rotatable bonds is 10. The second kappa shape index (κ2) is 12.0. The second-order valence-corrected chi connectivity index (χ2v) is 7.61. The van der Waals surface area contributed by atoms with E-state index in [4.69, 9.17) is 13.9 Å². The van der Waals surface area contributed by atoms with Crippen LogP contribution < -0.4 is 20.1 Å². The zero-order valence-corrected chi connectivity index (χ0v) is 18.7. The van der Waals surface area contributed by atoms with Gasteiger partial charge >= 0.3 is 0 Å².